The van der Waals surface area contributed by atoms with Gasteiger partial charge < -0.3 is 29.7 Å². The molecule has 3 fully saturated rings. The fraction of sp³-hybridized carbons (Fsp3) is 0.444. The van der Waals surface area contributed by atoms with Crippen LogP contribution in [0, 0.1) is 11.8 Å². The number of aliphatic hydroxyl groups is 1. The Morgan fingerprint density at radius 1 is 1.15 bits per heavy atom. The zero-order valence-electron chi connectivity index (χ0n) is 26.5. The molecule has 3 aliphatic rings. The average Bonchev–Trinajstić information content (AvgIpc) is 3.66. The number of allylic oxidation sites excluding steroid dienone is 1. The first-order valence-corrected chi connectivity index (χ1v) is 16.9. The lowest BCUT2D eigenvalue weighted by Gasteiger charge is -2.37. The summed E-state index contributed by atoms with van der Waals surface area (Å²) < 4.78 is 12.8. The van der Waals surface area contributed by atoms with Crippen LogP contribution >= 0.6 is 15.9 Å². The number of aliphatic hydroxyl groups excluding tert-OH is 1. The summed E-state index contributed by atoms with van der Waals surface area (Å²) in [6.45, 7) is 9.32. The number of carbonyl (C=O) groups is 4. The van der Waals surface area contributed by atoms with Crippen LogP contribution in [-0.4, -0.2) is 86.9 Å². The molecule has 1 spiro atoms. The summed E-state index contributed by atoms with van der Waals surface area (Å²) in [5.41, 5.74) is 0.276. The summed E-state index contributed by atoms with van der Waals surface area (Å²) in [5, 5.41) is 12.9. The molecule has 3 heterocycles. The molecular formula is C36H42BrN3O7. The first kappa shape index (κ1) is 34.5. The predicted molar refractivity (Wildman–Crippen MR) is 179 cm³/mol. The van der Waals surface area contributed by atoms with Crippen molar-refractivity contribution < 1.29 is 33.8 Å². The number of nitrogens with zero attached hydrogens (tertiary/aromatic N) is 2. The molecule has 8 atom stereocenters. The SMILES string of the molecule is C=CCCC(=O)N[C@H](C)[C@@H](OC(=O)[C@@H]1[C@H]2O[C@@]3(CC2Br)[C@H](C(=O)N(CC=C)Cc2ccccc2)N(CCO)C(=O)[C@@H]13)c1ccccc1. The molecule has 10 nitrogen and oxygen atoms in total. The van der Waals surface area contributed by atoms with Gasteiger partial charge in [-0.05, 0) is 30.9 Å². The van der Waals surface area contributed by atoms with Gasteiger partial charge in [0.2, 0.25) is 17.7 Å². The van der Waals surface area contributed by atoms with Crippen molar-refractivity contribution in [3.8, 4) is 0 Å². The van der Waals surface area contributed by atoms with E-state index in [9.17, 15) is 24.3 Å². The van der Waals surface area contributed by atoms with Crippen molar-refractivity contribution in [3.05, 3.63) is 97.1 Å². The largest absolute Gasteiger partial charge is 0.455 e. The topological polar surface area (TPSA) is 125 Å². The summed E-state index contributed by atoms with van der Waals surface area (Å²) in [6.07, 6.45) is 2.79. The van der Waals surface area contributed by atoms with Crippen molar-refractivity contribution in [2.24, 2.45) is 11.8 Å². The standard InChI is InChI=1S/C36H42BrN3O7/c1-4-6-17-27(42)38-23(3)30(25-15-11-8-12-16-25)46-35(45)28-29-33(43)40(19-20-41)32(36(29)21-26(37)31(28)47-36)34(44)39(18-5-2)22-24-13-9-7-10-14-24/h4-5,7-16,23,26,28-32,41H,1-2,6,17-22H2,3H3,(H,38,42)/t23-,26?,28+,29-,30-,31+,32+,36-/m1/s1. The normalized spacial score (nSPS) is 27.1. The van der Waals surface area contributed by atoms with E-state index in [2.05, 4.69) is 34.4 Å². The Bertz CT molecular complexity index is 1470. The van der Waals surface area contributed by atoms with Gasteiger partial charge in [-0.1, -0.05) is 88.7 Å². The van der Waals surface area contributed by atoms with E-state index in [0.29, 0.717) is 18.4 Å². The van der Waals surface area contributed by atoms with Crippen molar-refractivity contribution in [1.82, 2.24) is 15.1 Å². The molecule has 2 aromatic carbocycles. The molecule has 2 N–H and O–H groups in total. The fourth-order valence-corrected chi connectivity index (χ4v) is 8.27. The van der Waals surface area contributed by atoms with E-state index in [1.165, 1.54) is 4.90 Å². The number of β-amino-alcohol motifs (C(OH)–C–C–N with tert-alkyl or cyclic N) is 1. The quantitative estimate of drug-likeness (QED) is 0.164. The van der Waals surface area contributed by atoms with Crippen LogP contribution in [0.4, 0.5) is 0 Å². The molecule has 0 saturated carbocycles. The van der Waals surface area contributed by atoms with Gasteiger partial charge in [-0.25, -0.2) is 0 Å². The number of likely N-dealkylation sites (tertiary alicyclic amines) is 1. The Balaban J connectivity index is 1.46. The second-order valence-electron chi connectivity index (χ2n) is 12.4. The number of hydrogen-bond donors (Lipinski definition) is 2. The molecule has 0 aromatic heterocycles. The first-order chi connectivity index (χ1) is 22.7. The summed E-state index contributed by atoms with van der Waals surface area (Å²) in [6, 6.07) is 17.0. The van der Waals surface area contributed by atoms with Crippen LogP contribution in [0.15, 0.2) is 86.0 Å². The Morgan fingerprint density at radius 2 is 1.83 bits per heavy atom. The Kier molecular flexibility index (Phi) is 11.0. The minimum absolute atomic E-state index is 0.0933. The highest BCUT2D eigenvalue weighted by molar-refractivity contribution is 9.09. The van der Waals surface area contributed by atoms with Gasteiger partial charge in [0.15, 0.2) is 0 Å². The Morgan fingerprint density at radius 3 is 2.47 bits per heavy atom. The van der Waals surface area contributed by atoms with E-state index in [0.717, 1.165) is 5.56 Å². The lowest BCUT2D eigenvalue weighted by molar-refractivity contribution is -0.162. The fourth-order valence-electron chi connectivity index (χ4n) is 7.33. The van der Waals surface area contributed by atoms with Crippen LogP contribution < -0.4 is 5.32 Å². The number of alkyl halides is 1. The van der Waals surface area contributed by atoms with Gasteiger partial charge in [-0.3, -0.25) is 19.2 Å². The number of nitrogens with one attached hydrogen (secondary N) is 1. The van der Waals surface area contributed by atoms with Crippen molar-refractivity contribution in [2.75, 3.05) is 19.7 Å². The minimum Gasteiger partial charge on any atom is -0.455 e. The van der Waals surface area contributed by atoms with Gasteiger partial charge in [-0.15, -0.1) is 13.2 Å². The van der Waals surface area contributed by atoms with Crippen LogP contribution in [0.1, 0.15) is 43.4 Å². The molecular weight excluding hydrogens is 666 g/mol. The number of benzene rings is 2. The predicted octanol–water partition coefficient (Wildman–Crippen LogP) is 3.70. The van der Waals surface area contributed by atoms with Crippen LogP contribution in [0.3, 0.4) is 0 Å². The van der Waals surface area contributed by atoms with Gasteiger partial charge in [0, 0.05) is 30.9 Å². The highest BCUT2D eigenvalue weighted by Gasteiger charge is 2.77. The van der Waals surface area contributed by atoms with E-state index in [4.69, 9.17) is 9.47 Å². The minimum atomic E-state index is -1.31. The number of carbonyl (C=O) groups excluding carboxylic acids is 4. The summed E-state index contributed by atoms with van der Waals surface area (Å²) in [5.74, 6) is -3.64. The molecule has 2 aromatic rings. The number of esters is 1. The number of hydrogen-bond acceptors (Lipinski definition) is 7. The van der Waals surface area contributed by atoms with Crippen LogP contribution in [0.2, 0.25) is 0 Å². The number of ether oxygens (including phenoxy) is 2. The maximum Gasteiger partial charge on any atom is 0.313 e. The van der Waals surface area contributed by atoms with Gasteiger partial charge in [0.1, 0.15) is 17.7 Å². The molecule has 3 aliphatic heterocycles. The second-order valence-corrected chi connectivity index (χ2v) is 13.5. The molecule has 5 rings (SSSR count). The Labute approximate surface area is 283 Å². The van der Waals surface area contributed by atoms with E-state index in [-0.39, 0.29) is 49.3 Å². The molecule has 47 heavy (non-hydrogen) atoms. The van der Waals surface area contributed by atoms with E-state index in [1.807, 2.05) is 60.7 Å². The molecule has 2 bridgehead atoms. The summed E-state index contributed by atoms with van der Waals surface area (Å²) in [4.78, 5) is 58.2. The van der Waals surface area contributed by atoms with Crippen LogP contribution in [-0.2, 0) is 35.2 Å². The molecule has 250 valence electrons. The Hall–Kier alpha value is -3.80. The van der Waals surface area contributed by atoms with Crippen LogP contribution in [0.25, 0.3) is 0 Å². The van der Waals surface area contributed by atoms with Gasteiger partial charge >= 0.3 is 5.97 Å². The number of halogens is 1. The zero-order chi connectivity index (χ0) is 33.7. The summed E-state index contributed by atoms with van der Waals surface area (Å²) >= 11 is 3.69. The maximum absolute atomic E-state index is 14.5. The van der Waals surface area contributed by atoms with Crippen LogP contribution in [0.5, 0.6) is 0 Å². The average molecular weight is 709 g/mol. The molecule has 11 heteroatoms. The second kappa shape index (κ2) is 15.0. The molecule has 3 saturated heterocycles. The smallest absolute Gasteiger partial charge is 0.313 e. The molecule has 0 aliphatic carbocycles. The van der Waals surface area contributed by atoms with E-state index in [1.54, 1.807) is 24.0 Å². The van der Waals surface area contributed by atoms with E-state index < -0.39 is 53.6 Å². The van der Waals surface area contributed by atoms with Crippen molar-refractivity contribution in [2.45, 2.75) is 67.5 Å². The van der Waals surface area contributed by atoms with Crippen molar-refractivity contribution in [1.29, 1.82) is 0 Å². The monoisotopic (exact) mass is 707 g/mol. The third kappa shape index (κ3) is 6.79. The lowest BCUT2D eigenvalue weighted by atomic mass is 9.70. The van der Waals surface area contributed by atoms with Gasteiger partial charge in [0.25, 0.3) is 0 Å². The lowest BCUT2D eigenvalue weighted by Crippen LogP contribution is -2.56. The molecule has 3 amide bonds. The third-order valence-electron chi connectivity index (χ3n) is 9.30. The molecule has 0 radical (unpaired) electrons. The van der Waals surface area contributed by atoms with Gasteiger partial charge in [-0.2, -0.15) is 0 Å². The van der Waals surface area contributed by atoms with Crippen molar-refractivity contribution in [3.63, 3.8) is 0 Å². The number of rotatable bonds is 15. The summed E-state index contributed by atoms with van der Waals surface area (Å²) in [7, 11) is 0. The van der Waals surface area contributed by atoms with E-state index >= 15 is 0 Å². The third-order valence-corrected chi connectivity index (χ3v) is 10.1. The van der Waals surface area contributed by atoms with Gasteiger partial charge in [0.05, 0.1) is 30.6 Å². The number of amides is 3. The molecule has 1 unspecified atom stereocenters. The maximum atomic E-state index is 14.5. The zero-order valence-corrected chi connectivity index (χ0v) is 28.1. The first-order valence-electron chi connectivity index (χ1n) is 16.0. The van der Waals surface area contributed by atoms with Crippen molar-refractivity contribution >= 4 is 39.6 Å². The highest BCUT2D eigenvalue weighted by Crippen LogP contribution is 2.60. The highest BCUT2D eigenvalue weighted by atomic mass is 79.9. The number of fused-ring (bicyclic) bond motifs is 1.